The van der Waals surface area contributed by atoms with Crippen molar-refractivity contribution in [3.8, 4) is 0 Å². The lowest BCUT2D eigenvalue weighted by atomic mass is 9.92. The van der Waals surface area contributed by atoms with Crippen LogP contribution in [-0.4, -0.2) is 22.5 Å². The molecule has 4 aromatic rings. The minimum absolute atomic E-state index is 0.00461. The highest BCUT2D eigenvalue weighted by Gasteiger charge is 2.19. The van der Waals surface area contributed by atoms with Gasteiger partial charge in [0.1, 0.15) is 0 Å². The summed E-state index contributed by atoms with van der Waals surface area (Å²) in [6.45, 7) is 3.03. The lowest BCUT2D eigenvalue weighted by molar-refractivity contribution is 0.240. The van der Waals surface area contributed by atoms with Crippen molar-refractivity contribution in [1.82, 2.24) is 20.6 Å². The number of rotatable bonds is 6. The zero-order valence-corrected chi connectivity index (χ0v) is 16.4. The molecule has 0 bridgehead atoms. The molecule has 2 heterocycles. The number of aryl methyl sites for hydroxylation is 1. The van der Waals surface area contributed by atoms with Gasteiger partial charge < -0.3 is 15.6 Å². The van der Waals surface area contributed by atoms with Crippen LogP contribution < -0.4 is 10.6 Å². The van der Waals surface area contributed by atoms with Crippen molar-refractivity contribution in [2.24, 2.45) is 0 Å². The summed E-state index contributed by atoms with van der Waals surface area (Å²) >= 11 is 0. The highest BCUT2D eigenvalue weighted by Crippen LogP contribution is 2.30. The number of carbonyl (C=O) groups excluding carboxylic acids is 1. The molecular formula is C24H24N4O. The number of pyridine rings is 1. The summed E-state index contributed by atoms with van der Waals surface area (Å²) in [5.41, 5.74) is 5.58. The molecular weight excluding hydrogens is 360 g/mol. The van der Waals surface area contributed by atoms with Gasteiger partial charge in [0.25, 0.3) is 0 Å². The minimum Gasteiger partial charge on any atom is -0.361 e. The van der Waals surface area contributed by atoms with Gasteiger partial charge in [-0.2, -0.15) is 0 Å². The van der Waals surface area contributed by atoms with Crippen LogP contribution in [0.1, 0.15) is 28.2 Å². The van der Waals surface area contributed by atoms with Crippen LogP contribution in [-0.2, 0) is 6.54 Å². The minimum atomic E-state index is -0.181. The summed E-state index contributed by atoms with van der Waals surface area (Å²) in [7, 11) is 0. The number of hydrogen-bond acceptors (Lipinski definition) is 2. The number of para-hydroxylation sites is 1. The average Bonchev–Trinajstić information content (AvgIpc) is 3.18. The summed E-state index contributed by atoms with van der Waals surface area (Å²) in [6.07, 6.45) is 5.64. The van der Waals surface area contributed by atoms with E-state index in [1.54, 1.807) is 6.20 Å². The van der Waals surface area contributed by atoms with E-state index in [2.05, 4.69) is 32.7 Å². The summed E-state index contributed by atoms with van der Waals surface area (Å²) in [5.74, 6) is 0.00461. The maximum atomic E-state index is 12.4. The maximum absolute atomic E-state index is 12.4. The fraction of sp³-hybridized carbons (Fsp3) is 0.167. The summed E-state index contributed by atoms with van der Waals surface area (Å²) in [6, 6.07) is 20.1. The molecule has 5 heteroatoms. The van der Waals surface area contributed by atoms with Crippen LogP contribution >= 0.6 is 0 Å². The first-order chi connectivity index (χ1) is 14.2. The molecule has 0 aliphatic heterocycles. The second-order valence-electron chi connectivity index (χ2n) is 7.18. The highest BCUT2D eigenvalue weighted by molar-refractivity contribution is 5.84. The second kappa shape index (κ2) is 8.61. The first-order valence-electron chi connectivity index (χ1n) is 9.74. The monoisotopic (exact) mass is 384 g/mol. The molecule has 29 heavy (non-hydrogen) atoms. The Balaban J connectivity index is 1.47. The third-order valence-electron chi connectivity index (χ3n) is 5.12. The number of fused-ring (bicyclic) bond motifs is 1. The Labute approximate surface area is 170 Å². The molecule has 0 saturated heterocycles. The van der Waals surface area contributed by atoms with E-state index < -0.39 is 0 Å². The predicted octanol–water partition coefficient (Wildman–Crippen LogP) is 4.50. The molecule has 5 nitrogen and oxygen atoms in total. The number of nitrogens with zero attached hydrogens (tertiary/aromatic N) is 1. The zero-order chi connectivity index (χ0) is 20.1. The van der Waals surface area contributed by atoms with Gasteiger partial charge in [-0.1, -0.05) is 54.1 Å². The molecule has 1 atom stereocenters. The molecule has 4 rings (SSSR count). The largest absolute Gasteiger partial charge is 0.361 e. The van der Waals surface area contributed by atoms with Crippen LogP contribution in [0, 0.1) is 6.92 Å². The smallest absolute Gasteiger partial charge is 0.315 e. The van der Waals surface area contributed by atoms with E-state index in [0.717, 1.165) is 27.6 Å². The Bertz CT molecular complexity index is 1090. The Hall–Kier alpha value is -3.60. The predicted molar refractivity (Wildman–Crippen MR) is 116 cm³/mol. The van der Waals surface area contributed by atoms with Crippen molar-refractivity contribution < 1.29 is 4.79 Å². The summed E-state index contributed by atoms with van der Waals surface area (Å²) < 4.78 is 0. The number of aromatic nitrogens is 2. The molecule has 0 aliphatic rings. The van der Waals surface area contributed by atoms with Crippen molar-refractivity contribution in [3.05, 3.63) is 102 Å². The molecule has 146 valence electrons. The van der Waals surface area contributed by atoms with Crippen molar-refractivity contribution in [2.75, 3.05) is 6.54 Å². The van der Waals surface area contributed by atoms with Gasteiger partial charge in [-0.25, -0.2) is 4.79 Å². The molecule has 2 aromatic carbocycles. The number of nitrogens with one attached hydrogen (secondary N) is 3. The molecule has 0 radical (unpaired) electrons. The van der Waals surface area contributed by atoms with Crippen molar-refractivity contribution in [3.63, 3.8) is 0 Å². The maximum Gasteiger partial charge on any atom is 0.315 e. The standard InChI is InChI=1S/C24H24N4O/c1-17-8-10-18(11-9-17)13-27-24(29)28-15-21(19-5-4-12-25-14-19)22-16-26-23-7-3-2-6-20(22)23/h2-12,14,16,21,26H,13,15H2,1H3,(H2,27,28,29)/t21-/m1/s1. The van der Waals surface area contributed by atoms with Gasteiger partial charge in [0, 0.05) is 48.5 Å². The van der Waals surface area contributed by atoms with Gasteiger partial charge in [0.05, 0.1) is 0 Å². The second-order valence-corrected chi connectivity index (χ2v) is 7.18. The van der Waals surface area contributed by atoms with Crippen LogP contribution in [0.5, 0.6) is 0 Å². The van der Waals surface area contributed by atoms with Crippen molar-refractivity contribution in [1.29, 1.82) is 0 Å². The fourth-order valence-electron chi connectivity index (χ4n) is 3.52. The normalized spacial score (nSPS) is 11.9. The summed E-state index contributed by atoms with van der Waals surface area (Å²) in [4.78, 5) is 20.0. The van der Waals surface area contributed by atoms with Crippen LogP contribution in [0.25, 0.3) is 10.9 Å². The molecule has 0 saturated carbocycles. The molecule has 3 N–H and O–H groups in total. The molecule has 2 aromatic heterocycles. The van der Waals surface area contributed by atoms with E-state index in [-0.39, 0.29) is 11.9 Å². The van der Waals surface area contributed by atoms with Gasteiger partial charge in [-0.05, 0) is 35.7 Å². The Morgan fingerprint density at radius 1 is 1.03 bits per heavy atom. The van der Waals surface area contributed by atoms with Gasteiger partial charge in [-0.3, -0.25) is 4.98 Å². The van der Waals surface area contributed by atoms with Gasteiger partial charge in [0.2, 0.25) is 0 Å². The lowest BCUT2D eigenvalue weighted by Gasteiger charge is -2.18. The SMILES string of the molecule is Cc1ccc(CNC(=O)NC[C@H](c2cccnc2)c2c[nH]c3ccccc23)cc1. The van der Waals surface area contributed by atoms with Gasteiger partial charge >= 0.3 is 6.03 Å². The van der Waals surface area contributed by atoms with E-state index in [9.17, 15) is 4.79 Å². The quantitative estimate of drug-likeness (QED) is 0.458. The number of urea groups is 1. The lowest BCUT2D eigenvalue weighted by Crippen LogP contribution is -2.37. The number of hydrogen-bond donors (Lipinski definition) is 3. The summed E-state index contributed by atoms with van der Waals surface area (Å²) in [5, 5.41) is 7.11. The Morgan fingerprint density at radius 3 is 2.66 bits per heavy atom. The first-order valence-corrected chi connectivity index (χ1v) is 9.74. The number of benzene rings is 2. The molecule has 2 amide bonds. The molecule has 0 unspecified atom stereocenters. The Morgan fingerprint density at radius 2 is 1.86 bits per heavy atom. The third-order valence-corrected chi connectivity index (χ3v) is 5.12. The first kappa shape index (κ1) is 18.7. The number of amides is 2. The van der Waals surface area contributed by atoms with E-state index in [1.807, 2.05) is 67.8 Å². The van der Waals surface area contributed by atoms with E-state index in [0.29, 0.717) is 13.1 Å². The van der Waals surface area contributed by atoms with Crippen LogP contribution in [0.15, 0.2) is 79.3 Å². The zero-order valence-electron chi connectivity index (χ0n) is 16.4. The third kappa shape index (κ3) is 4.46. The van der Waals surface area contributed by atoms with Gasteiger partial charge in [0.15, 0.2) is 0 Å². The number of H-pyrrole nitrogens is 1. The molecule has 0 aliphatic carbocycles. The average molecular weight is 384 g/mol. The van der Waals surface area contributed by atoms with Gasteiger partial charge in [-0.15, -0.1) is 0 Å². The van der Waals surface area contributed by atoms with Crippen LogP contribution in [0.2, 0.25) is 0 Å². The van der Waals surface area contributed by atoms with Crippen LogP contribution in [0.4, 0.5) is 4.79 Å². The van der Waals surface area contributed by atoms with Crippen LogP contribution in [0.3, 0.4) is 0 Å². The van der Waals surface area contributed by atoms with E-state index in [1.165, 1.54) is 5.56 Å². The van der Waals surface area contributed by atoms with Crippen molar-refractivity contribution in [2.45, 2.75) is 19.4 Å². The Kier molecular flexibility index (Phi) is 5.56. The van der Waals surface area contributed by atoms with E-state index in [4.69, 9.17) is 0 Å². The highest BCUT2D eigenvalue weighted by atomic mass is 16.2. The molecule has 0 fully saturated rings. The fourth-order valence-corrected chi connectivity index (χ4v) is 3.52. The van der Waals surface area contributed by atoms with E-state index >= 15 is 0 Å². The number of aromatic amines is 1. The van der Waals surface area contributed by atoms with Crippen molar-refractivity contribution >= 4 is 16.9 Å². The topological polar surface area (TPSA) is 69.8 Å². The molecule has 0 spiro atoms. The number of carbonyl (C=O) groups is 1.